The first-order chi connectivity index (χ1) is 23.4. The fourth-order valence-corrected chi connectivity index (χ4v) is 6.47. The molecule has 0 spiro atoms. The van der Waals surface area contributed by atoms with Crippen LogP contribution >= 0.6 is 0 Å². The zero-order chi connectivity index (χ0) is 32.9. The number of carbonyl (C=O) groups is 4. The molecule has 6 heteroatoms. The van der Waals surface area contributed by atoms with Crippen molar-refractivity contribution >= 4 is 67.7 Å². The van der Waals surface area contributed by atoms with Crippen LogP contribution in [0.15, 0.2) is 127 Å². The highest BCUT2D eigenvalue weighted by Gasteiger charge is 2.37. The van der Waals surface area contributed by atoms with E-state index in [9.17, 15) is 19.2 Å². The number of benzene rings is 6. The number of carbonyl (C=O) groups excluding carboxylic acids is 4. The lowest BCUT2D eigenvalue weighted by Crippen LogP contribution is -2.48. The standard InChI is InChI=1S/C42H26O6/c1-2-24-15-20-32-34(21-24)40(48-42(46)30-19-17-26-10-4-6-12-28(26)23-30)38(44)35-31-13-7-8-14-33(31)39(37(43)36(32)35)47-41(45)29-18-16-25-9-3-5-11-27(25)22-29/h3-23H,2H2,1H3. The molecule has 0 heterocycles. The highest BCUT2D eigenvalue weighted by Crippen LogP contribution is 2.28. The summed E-state index contributed by atoms with van der Waals surface area (Å²) in [5.74, 6) is -2.90. The minimum atomic E-state index is -0.691. The van der Waals surface area contributed by atoms with E-state index in [2.05, 4.69) is 0 Å². The van der Waals surface area contributed by atoms with Gasteiger partial charge in [0.2, 0.25) is 11.6 Å². The van der Waals surface area contributed by atoms with Gasteiger partial charge in [-0.2, -0.15) is 0 Å². The Bertz CT molecular complexity index is 2680. The Kier molecular flexibility index (Phi) is 6.92. The van der Waals surface area contributed by atoms with Crippen LogP contribution in [-0.2, 0) is 25.5 Å². The van der Waals surface area contributed by atoms with Crippen molar-refractivity contribution in [2.24, 2.45) is 0 Å². The molecule has 6 aromatic carbocycles. The van der Waals surface area contributed by atoms with Crippen LogP contribution in [0.2, 0.25) is 0 Å². The molecule has 2 aliphatic rings. The molecule has 6 aromatic rings. The minimum absolute atomic E-state index is 0.0964. The molecule has 0 radical (unpaired) electrons. The summed E-state index contributed by atoms with van der Waals surface area (Å²) in [7, 11) is 0. The molecule has 6 nitrogen and oxygen atoms in total. The molecule has 0 saturated heterocycles. The van der Waals surface area contributed by atoms with Crippen molar-refractivity contribution in [3.63, 3.8) is 0 Å². The van der Waals surface area contributed by atoms with E-state index in [-0.39, 0.29) is 28.2 Å². The summed E-state index contributed by atoms with van der Waals surface area (Å²) in [4.78, 5) is 55.9. The Morgan fingerprint density at radius 3 is 1.48 bits per heavy atom. The summed E-state index contributed by atoms with van der Waals surface area (Å²) in [5.41, 5.74) is 1.66. The molecule has 0 atom stereocenters. The van der Waals surface area contributed by atoms with Crippen LogP contribution < -0.4 is 20.9 Å². The highest BCUT2D eigenvalue weighted by molar-refractivity contribution is 6.58. The molecule has 0 aliphatic heterocycles. The Morgan fingerprint density at radius 1 is 0.479 bits per heavy atom. The maximum Gasteiger partial charge on any atom is 0.343 e. The van der Waals surface area contributed by atoms with E-state index < -0.39 is 23.5 Å². The van der Waals surface area contributed by atoms with Crippen molar-refractivity contribution in [3.05, 3.63) is 165 Å². The number of ketones is 2. The zero-order valence-corrected chi connectivity index (χ0v) is 25.8. The van der Waals surface area contributed by atoms with Gasteiger partial charge in [-0.25, -0.2) is 9.59 Å². The Hall–Kier alpha value is -6.40. The number of fused-ring (bicyclic) bond motifs is 5. The first-order valence-corrected chi connectivity index (χ1v) is 15.6. The van der Waals surface area contributed by atoms with Gasteiger partial charge in [0.25, 0.3) is 0 Å². The molecule has 0 saturated carbocycles. The maximum atomic E-state index is 14.4. The highest BCUT2D eigenvalue weighted by atomic mass is 16.5. The van der Waals surface area contributed by atoms with E-state index in [4.69, 9.17) is 9.47 Å². The van der Waals surface area contributed by atoms with E-state index in [1.165, 1.54) is 0 Å². The lowest BCUT2D eigenvalue weighted by atomic mass is 9.83. The van der Waals surface area contributed by atoms with Crippen molar-refractivity contribution in [3.8, 4) is 0 Å². The molecule has 0 bridgehead atoms. The zero-order valence-electron chi connectivity index (χ0n) is 25.8. The molecule has 8 rings (SSSR count). The molecule has 230 valence electrons. The van der Waals surface area contributed by atoms with Crippen molar-refractivity contribution in [1.29, 1.82) is 0 Å². The normalized spacial score (nSPS) is 13.7. The Balaban J connectivity index is 1.29. The second kappa shape index (κ2) is 11.4. The third kappa shape index (κ3) is 4.74. The summed E-state index contributed by atoms with van der Waals surface area (Å²) in [6.07, 6.45) is 0.650. The van der Waals surface area contributed by atoms with Crippen LogP contribution in [0.25, 0.3) is 44.2 Å². The second-order valence-electron chi connectivity index (χ2n) is 11.7. The topological polar surface area (TPSA) is 86.7 Å². The summed E-state index contributed by atoms with van der Waals surface area (Å²) in [6, 6.07) is 37.9. The van der Waals surface area contributed by atoms with Gasteiger partial charge in [0.1, 0.15) is 0 Å². The van der Waals surface area contributed by atoms with Gasteiger partial charge in [0, 0.05) is 21.6 Å². The fraction of sp³-hybridized carbons (Fsp3) is 0.0476. The summed E-state index contributed by atoms with van der Waals surface area (Å²) in [5, 5.41) is 5.11. The SMILES string of the molecule is CCc1ccc2c(c1)=C(OC(=O)c1ccc3ccccc3c1)C(=O)C1=c3ccccc3=C(OC(=O)c3ccc4ccccc4c3)C(=O)C=21. The third-order valence-corrected chi connectivity index (χ3v) is 8.92. The molecule has 48 heavy (non-hydrogen) atoms. The van der Waals surface area contributed by atoms with E-state index in [0.29, 0.717) is 32.9 Å². The van der Waals surface area contributed by atoms with Crippen LogP contribution in [0.5, 0.6) is 0 Å². The van der Waals surface area contributed by atoms with Gasteiger partial charge in [-0.1, -0.05) is 104 Å². The third-order valence-electron chi connectivity index (χ3n) is 8.92. The molecule has 0 amide bonds. The van der Waals surface area contributed by atoms with Crippen LogP contribution in [0.3, 0.4) is 0 Å². The number of rotatable bonds is 5. The van der Waals surface area contributed by atoms with Gasteiger partial charge in [-0.15, -0.1) is 0 Å². The lowest BCUT2D eigenvalue weighted by molar-refractivity contribution is -0.112. The van der Waals surface area contributed by atoms with Crippen LogP contribution in [-0.4, -0.2) is 23.5 Å². The fourth-order valence-electron chi connectivity index (χ4n) is 6.47. The number of ether oxygens (including phenoxy) is 2. The predicted molar refractivity (Wildman–Crippen MR) is 183 cm³/mol. The molecule has 2 aliphatic carbocycles. The van der Waals surface area contributed by atoms with Crippen molar-refractivity contribution < 1.29 is 28.7 Å². The summed E-state index contributed by atoms with van der Waals surface area (Å²) in [6.45, 7) is 1.97. The van der Waals surface area contributed by atoms with Gasteiger partial charge in [0.05, 0.1) is 11.1 Å². The second-order valence-corrected chi connectivity index (χ2v) is 11.7. The van der Waals surface area contributed by atoms with Gasteiger partial charge in [-0.05, 0) is 74.3 Å². The Morgan fingerprint density at radius 2 is 0.938 bits per heavy atom. The summed E-state index contributed by atoms with van der Waals surface area (Å²) < 4.78 is 11.8. The van der Waals surface area contributed by atoms with E-state index in [0.717, 1.165) is 27.1 Å². The molecular weight excluding hydrogens is 600 g/mol. The van der Waals surface area contributed by atoms with Gasteiger partial charge >= 0.3 is 11.9 Å². The van der Waals surface area contributed by atoms with E-state index >= 15 is 0 Å². The predicted octanol–water partition coefficient (Wildman–Crippen LogP) is 4.65. The van der Waals surface area contributed by atoms with Gasteiger partial charge in [0.15, 0.2) is 11.5 Å². The van der Waals surface area contributed by atoms with E-state index in [1.807, 2.05) is 73.7 Å². The van der Waals surface area contributed by atoms with Crippen molar-refractivity contribution in [2.75, 3.05) is 0 Å². The number of hydrogen-bond acceptors (Lipinski definition) is 6. The number of hydrogen-bond donors (Lipinski definition) is 0. The van der Waals surface area contributed by atoms with Crippen LogP contribution in [0.4, 0.5) is 0 Å². The van der Waals surface area contributed by atoms with Crippen molar-refractivity contribution in [1.82, 2.24) is 0 Å². The first-order valence-electron chi connectivity index (χ1n) is 15.6. The molecular formula is C42H26O6. The van der Waals surface area contributed by atoms with Crippen LogP contribution in [0.1, 0.15) is 33.2 Å². The molecule has 0 unspecified atom stereocenters. The van der Waals surface area contributed by atoms with Crippen LogP contribution in [0, 0.1) is 0 Å². The minimum Gasteiger partial charge on any atom is -0.418 e. The molecule has 0 aromatic heterocycles. The molecule has 0 fully saturated rings. The average molecular weight is 627 g/mol. The van der Waals surface area contributed by atoms with E-state index in [1.54, 1.807) is 60.7 Å². The number of esters is 2. The first kappa shape index (κ1) is 29.0. The van der Waals surface area contributed by atoms with Crippen molar-refractivity contribution in [2.45, 2.75) is 13.3 Å². The summed E-state index contributed by atoms with van der Waals surface area (Å²) >= 11 is 0. The van der Waals surface area contributed by atoms with Gasteiger partial charge < -0.3 is 9.47 Å². The lowest BCUT2D eigenvalue weighted by Gasteiger charge is -2.22. The van der Waals surface area contributed by atoms with Gasteiger partial charge in [-0.3, -0.25) is 9.59 Å². The maximum absolute atomic E-state index is 14.4. The monoisotopic (exact) mass is 626 g/mol. The quantitative estimate of drug-likeness (QED) is 0.259. The largest absolute Gasteiger partial charge is 0.418 e. The Labute approximate surface area is 274 Å². The average Bonchev–Trinajstić information content (AvgIpc) is 3.13. The number of Topliss-reactive ketones (excluding diaryl/α,β-unsaturated/α-hetero) is 2. The number of aryl methyl sites for hydroxylation is 1. The molecule has 0 N–H and O–H groups in total. The smallest absolute Gasteiger partial charge is 0.343 e.